The van der Waals surface area contributed by atoms with E-state index in [-0.39, 0.29) is 12.0 Å². The second-order valence-electron chi connectivity index (χ2n) is 12.0. The van der Waals surface area contributed by atoms with Crippen LogP contribution in [0.25, 0.3) is 6.08 Å². The smallest absolute Gasteiger partial charge is 0.414 e. The molecule has 222 valence electrons. The molecule has 0 fully saturated rings. The van der Waals surface area contributed by atoms with Gasteiger partial charge < -0.3 is 18.9 Å². The Hall–Kier alpha value is -3.06. The molecule has 0 N–H and O–H groups in total. The average Bonchev–Trinajstić information content (AvgIpc) is 2.82. The van der Waals surface area contributed by atoms with Crippen LogP contribution in [0.15, 0.2) is 42.5 Å². The second-order valence-corrected chi connectivity index (χ2v) is 12.0. The maximum Gasteiger partial charge on any atom is 0.414 e. The van der Waals surface area contributed by atoms with Gasteiger partial charge in [-0.25, -0.2) is 9.59 Å². The van der Waals surface area contributed by atoms with Gasteiger partial charge in [0, 0.05) is 39.0 Å². The van der Waals surface area contributed by atoms with E-state index in [1.807, 2.05) is 58.9 Å². The van der Waals surface area contributed by atoms with E-state index < -0.39 is 23.5 Å². The van der Waals surface area contributed by atoms with E-state index in [0.29, 0.717) is 47.6 Å². The van der Waals surface area contributed by atoms with Gasteiger partial charge in [0.25, 0.3) is 0 Å². The van der Waals surface area contributed by atoms with Gasteiger partial charge in [0.15, 0.2) is 0 Å². The quantitative estimate of drug-likeness (QED) is 0.156. The Morgan fingerprint density at radius 2 is 1.65 bits per heavy atom. The van der Waals surface area contributed by atoms with E-state index >= 15 is 0 Å². The number of fused-ring (bicyclic) bond motifs is 1. The molecule has 1 amide bonds. The highest BCUT2D eigenvalue weighted by Crippen LogP contribution is 2.38. The minimum atomic E-state index is -1.13. The molecule has 7 nitrogen and oxygen atoms in total. The van der Waals surface area contributed by atoms with E-state index in [9.17, 15) is 9.59 Å². The Labute approximate surface area is 241 Å². The number of anilines is 1. The van der Waals surface area contributed by atoms with Crippen LogP contribution < -0.4 is 9.64 Å². The monoisotopic (exact) mass is 555 g/mol. The van der Waals surface area contributed by atoms with Gasteiger partial charge in [-0.05, 0) is 58.1 Å². The third-order valence-corrected chi connectivity index (χ3v) is 6.59. The summed E-state index contributed by atoms with van der Waals surface area (Å²) in [5.41, 5.74) is 0.805. The largest absolute Gasteiger partial charge is 0.452 e. The van der Waals surface area contributed by atoms with Crippen LogP contribution in [0.5, 0.6) is 5.75 Å². The first-order valence-corrected chi connectivity index (χ1v) is 14.3. The summed E-state index contributed by atoms with van der Waals surface area (Å²) in [7, 11) is 0. The van der Waals surface area contributed by atoms with Crippen LogP contribution in [0.3, 0.4) is 0 Å². The van der Waals surface area contributed by atoms with E-state index in [0.717, 1.165) is 0 Å². The van der Waals surface area contributed by atoms with Crippen molar-refractivity contribution in [3.63, 3.8) is 0 Å². The molecule has 2 rings (SSSR count). The fourth-order valence-electron chi connectivity index (χ4n) is 4.09. The summed E-state index contributed by atoms with van der Waals surface area (Å²) in [6.07, 6.45) is 11.5. The number of carbonyl (C=O) groups excluding carboxylic acids is 2. The number of hydrogen-bond donors (Lipinski definition) is 0. The number of hydrogen-bond acceptors (Lipinski definition) is 6. The Bertz CT molecular complexity index is 1110. The number of ether oxygens (including phenoxy) is 4. The Morgan fingerprint density at radius 3 is 2.23 bits per heavy atom. The van der Waals surface area contributed by atoms with Gasteiger partial charge >= 0.3 is 12.1 Å². The van der Waals surface area contributed by atoms with Crippen molar-refractivity contribution < 1.29 is 28.5 Å². The first-order valence-electron chi connectivity index (χ1n) is 14.3. The fraction of sp³-hybridized carbons (Fsp3) is 0.576. The van der Waals surface area contributed by atoms with E-state index in [1.165, 1.54) is 4.90 Å². The van der Waals surface area contributed by atoms with Gasteiger partial charge in [-0.3, -0.25) is 4.90 Å². The SMILES string of the molecule is CCOC(C=C/C=C/c1cc(N(CC)C(=O)OC(C)(C)C)cc2c1C(=O)OC(C)(C)O2)[C@@H](C)/C=C\[C@@H](C)C(C)C. The van der Waals surface area contributed by atoms with Crippen LogP contribution in [0.1, 0.15) is 92.1 Å². The van der Waals surface area contributed by atoms with Crippen LogP contribution in [0, 0.1) is 17.8 Å². The van der Waals surface area contributed by atoms with Crippen LogP contribution in [0.2, 0.25) is 0 Å². The predicted molar refractivity (Wildman–Crippen MR) is 162 cm³/mol. The predicted octanol–water partition coefficient (Wildman–Crippen LogP) is 8.19. The number of allylic oxidation sites excluding steroid dienone is 3. The van der Waals surface area contributed by atoms with Gasteiger partial charge in [-0.2, -0.15) is 0 Å². The molecule has 0 aromatic heterocycles. The number of cyclic esters (lactones) is 1. The van der Waals surface area contributed by atoms with Crippen molar-refractivity contribution in [3.8, 4) is 5.75 Å². The summed E-state index contributed by atoms with van der Waals surface area (Å²) in [5, 5.41) is 0. The third-order valence-electron chi connectivity index (χ3n) is 6.59. The molecule has 1 aromatic carbocycles. The summed E-state index contributed by atoms with van der Waals surface area (Å²) in [5.74, 6) is 0.00585. The molecule has 0 bridgehead atoms. The standard InChI is InChI=1S/C33H49NO6/c1-12-34(31(36)40-32(7,8)9)26-20-25(29-28(21-26)38-33(10,11)39-30(29)35)16-14-15-17-27(37-13-2)24(6)19-18-23(5)22(3)4/h14-24,27H,12-13H2,1-11H3/b16-14+,17-15?,19-18-/t23-,24+,27?/m1/s1. The summed E-state index contributed by atoms with van der Waals surface area (Å²) in [6, 6.07) is 3.47. The molecule has 3 atom stereocenters. The summed E-state index contributed by atoms with van der Waals surface area (Å²) in [4.78, 5) is 27.5. The van der Waals surface area contributed by atoms with Crippen molar-refractivity contribution in [1.82, 2.24) is 0 Å². The zero-order valence-electron chi connectivity index (χ0n) is 26.2. The molecule has 0 radical (unpaired) electrons. The van der Waals surface area contributed by atoms with Crippen LogP contribution >= 0.6 is 0 Å². The Morgan fingerprint density at radius 1 is 1.00 bits per heavy atom. The number of esters is 1. The summed E-state index contributed by atoms with van der Waals surface area (Å²) < 4.78 is 23.1. The topological polar surface area (TPSA) is 74.3 Å². The second kappa shape index (κ2) is 14.0. The van der Waals surface area contributed by atoms with Gasteiger partial charge in [0.05, 0.1) is 11.8 Å². The molecular weight excluding hydrogens is 506 g/mol. The number of benzene rings is 1. The zero-order chi connectivity index (χ0) is 30.3. The lowest BCUT2D eigenvalue weighted by atomic mass is 9.94. The van der Waals surface area contributed by atoms with Crippen molar-refractivity contribution in [2.24, 2.45) is 17.8 Å². The van der Waals surface area contributed by atoms with Crippen LogP contribution in [0.4, 0.5) is 10.5 Å². The van der Waals surface area contributed by atoms with Crippen LogP contribution in [-0.4, -0.2) is 42.7 Å². The number of amides is 1. The molecule has 1 heterocycles. The molecular formula is C33H49NO6. The lowest BCUT2D eigenvalue weighted by Crippen LogP contribution is -2.40. The number of nitrogens with zero attached hydrogens (tertiary/aromatic N) is 1. The van der Waals surface area contributed by atoms with Crippen molar-refractivity contribution in [2.75, 3.05) is 18.1 Å². The van der Waals surface area contributed by atoms with Crippen molar-refractivity contribution in [3.05, 3.63) is 53.6 Å². The first-order chi connectivity index (χ1) is 18.6. The summed E-state index contributed by atoms with van der Waals surface area (Å²) >= 11 is 0. The van der Waals surface area contributed by atoms with E-state index in [2.05, 4.69) is 39.8 Å². The zero-order valence-corrected chi connectivity index (χ0v) is 26.2. The minimum Gasteiger partial charge on any atom is -0.452 e. The molecule has 1 aromatic rings. The maximum absolute atomic E-state index is 13.0. The molecule has 40 heavy (non-hydrogen) atoms. The van der Waals surface area contributed by atoms with Crippen molar-refractivity contribution >= 4 is 23.8 Å². The number of carbonyl (C=O) groups is 2. The fourth-order valence-corrected chi connectivity index (χ4v) is 4.09. The Balaban J connectivity index is 2.43. The first kappa shape index (κ1) is 33.1. The number of rotatable bonds is 11. The molecule has 0 spiro atoms. The Kier molecular flexibility index (Phi) is 11.6. The summed E-state index contributed by atoms with van der Waals surface area (Å²) in [6.45, 7) is 22.4. The van der Waals surface area contributed by atoms with E-state index in [1.54, 1.807) is 26.0 Å². The lowest BCUT2D eigenvalue weighted by Gasteiger charge is -2.33. The average molecular weight is 556 g/mol. The molecule has 0 saturated carbocycles. The van der Waals surface area contributed by atoms with Gasteiger partial charge in [0.1, 0.15) is 16.9 Å². The molecule has 1 unspecified atom stereocenters. The van der Waals surface area contributed by atoms with Gasteiger partial charge in [-0.1, -0.05) is 64.2 Å². The lowest BCUT2D eigenvalue weighted by molar-refractivity contribution is -0.127. The third kappa shape index (κ3) is 9.54. The minimum absolute atomic E-state index is 0.0950. The van der Waals surface area contributed by atoms with Gasteiger partial charge in [-0.15, -0.1) is 0 Å². The van der Waals surface area contributed by atoms with Crippen LogP contribution in [-0.2, 0) is 14.2 Å². The maximum atomic E-state index is 13.0. The molecule has 7 heteroatoms. The van der Waals surface area contributed by atoms with Crippen molar-refractivity contribution in [2.45, 2.75) is 93.7 Å². The van der Waals surface area contributed by atoms with E-state index in [4.69, 9.17) is 18.9 Å². The molecule has 0 saturated heterocycles. The molecule has 1 aliphatic heterocycles. The molecule has 1 aliphatic rings. The molecule has 0 aliphatic carbocycles. The highest BCUT2D eigenvalue weighted by atomic mass is 16.7. The van der Waals surface area contributed by atoms with Gasteiger partial charge in [0.2, 0.25) is 5.79 Å². The highest BCUT2D eigenvalue weighted by molar-refractivity contribution is 6.00. The highest BCUT2D eigenvalue weighted by Gasteiger charge is 2.36. The normalized spacial score (nSPS) is 17.6. The van der Waals surface area contributed by atoms with Crippen molar-refractivity contribution in [1.29, 1.82) is 0 Å².